The maximum absolute atomic E-state index is 5.62. The van der Waals surface area contributed by atoms with Gasteiger partial charge in [0.25, 0.3) is 0 Å². The zero-order valence-corrected chi connectivity index (χ0v) is 19.6. The summed E-state index contributed by atoms with van der Waals surface area (Å²) < 4.78 is 11.0. The molecule has 2 N–H and O–H groups in total. The zero-order valence-electron chi connectivity index (χ0n) is 17.2. The van der Waals surface area contributed by atoms with E-state index in [2.05, 4.69) is 38.5 Å². The summed E-state index contributed by atoms with van der Waals surface area (Å²) in [7, 11) is 3.45. The molecule has 0 spiro atoms. The summed E-state index contributed by atoms with van der Waals surface area (Å²) in [5.74, 6) is 2.60. The monoisotopic (exact) mass is 511 g/mol. The molecule has 1 aromatic carbocycles. The van der Waals surface area contributed by atoms with Crippen LogP contribution in [0.2, 0.25) is 0 Å². The second-order valence-electron chi connectivity index (χ2n) is 6.74. The van der Waals surface area contributed by atoms with Crippen LogP contribution in [0.4, 0.5) is 5.82 Å². The zero-order chi connectivity index (χ0) is 19.8. The molecular weight excluding hydrogens is 481 g/mol. The van der Waals surface area contributed by atoms with E-state index in [1.165, 1.54) is 0 Å². The Labute approximate surface area is 189 Å². The van der Waals surface area contributed by atoms with Crippen molar-refractivity contribution in [1.82, 2.24) is 15.6 Å². The average Bonchev–Trinajstić information content (AvgIpc) is 2.74. The molecule has 158 valence electrons. The first-order chi connectivity index (χ1) is 13.7. The van der Waals surface area contributed by atoms with Crippen molar-refractivity contribution in [2.24, 2.45) is 4.99 Å². The molecule has 7 nitrogen and oxygen atoms in total. The highest BCUT2D eigenvalue weighted by Gasteiger charge is 2.18. The van der Waals surface area contributed by atoms with E-state index >= 15 is 0 Å². The number of nitrogens with zero attached hydrogens (tertiary/aromatic N) is 3. The summed E-state index contributed by atoms with van der Waals surface area (Å²) in [5.41, 5.74) is 2.24. The molecule has 1 aliphatic heterocycles. The van der Waals surface area contributed by atoms with Gasteiger partial charge in [-0.2, -0.15) is 0 Å². The van der Waals surface area contributed by atoms with Crippen molar-refractivity contribution in [2.45, 2.75) is 26.1 Å². The Morgan fingerprint density at radius 1 is 1.28 bits per heavy atom. The van der Waals surface area contributed by atoms with E-state index in [4.69, 9.17) is 9.47 Å². The Bertz CT molecular complexity index is 802. The quantitative estimate of drug-likeness (QED) is 0.353. The number of rotatable bonds is 6. The average molecular weight is 511 g/mol. The highest BCUT2D eigenvalue weighted by atomic mass is 127. The van der Waals surface area contributed by atoms with Crippen LogP contribution in [0.3, 0.4) is 0 Å². The van der Waals surface area contributed by atoms with Crippen LogP contribution in [-0.4, -0.2) is 50.9 Å². The predicted octanol–water partition coefficient (Wildman–Crippen LogP) is 2.80. The van der Waals surface area contributed by atoms with Gasteiger partial charge in [-0.15, -0.1) is 24.0 Å². The minimum atomic E-state index is 0. The van der Waals surface area contributed by atoms with Crippen LogP contribution in [0.15, 0.2) is 47.6 Å². The molecule has 1 unspecified atom stereocenters. The number of nitrogens with one attached hydrogen (secondary N) is 2. The Balaban J connectivity index is 0.00000300. The van der Waals surface area contributed by atoms with E-state index in [0.29, 0.717) is 13.1 Å². The van der Waals surface area contributed by atoms with Crippen LogP contribution < -0.4 is 20.3 Å². The van der Waals surface area contributed by atoms with Gasteiger partial charge in [-0.1, -0.05) is 18.2 Å². The fraction of sp³-hybridized carbons (Fsp3) is 0.429. The molecule has 8 heteroatoms. The van der Waals surface area contributed by atoms with Gasteiger partial charge in [0.05, 0.1) is 19.8 Å². The molecule has 0 radical (unpaired) electrons. The first-order valence-corrected chi connectivity index (χ1v) is 9.57. The number of para-hydroxylation sites is 1. The smallest absolute Gasteiger partial charge is 0.191 e. The second-order valence-corrected chi connectivity index (χ2v) is 6.74. The summed E-state index contributed by atoms with van der Waals surface area (Å²) >= 11 is 0. The molecule has 29 heavy (non-hydrogen) atoms. The van der Waals surface area contributed by atoms with Crippen LogP contribution in [0.1, 0.15) is 18.1 Å². The van der Waals surface area contributed by atoms with E-state index in [9.17, 15) is 0 Å². The maximum Gasteiger partial charge on any atom is 0.191 e. The number of benzene rings is 1. The van der Waals surface area contributed by atoms with Gasteiger partial charge in [-0.05, 0) is 30.7 Å². The molecule has 2 heterocycles. The van der Waals surface area contributed by atoms with Gasteiger partial charge in [0.1, 0.15) is 11.6 Å². The highest BCUT2D eigenvalue weighted by Crippen LogP contribution is 2.17. The lowest BCUT2D eigenvalue weighted by atomic mass is 10.2. The van der Waals surface area contributed by atoms with Crippen molar-refractivity contribution in [1.29, 1.82) is 0 Å². The fourth-order valence-corrected chi connectivity index (χ4v) is 3.20. The van der Waals surface area contributed by atoms with Gasteiger partial charge in [-0.3, -0.25) is 4.99 Å². The first-order valence-electron chi connectivity index (χ1n) is 9.57. The largest absolute Gasteiger partial charge is 0.496 e. The Hall–Kier alpha value is -2.07. The highest BCUT2D eigenvalue weighted by molar-refractivity contribution is 14.0. The number of aromatic nitrogens is 1. The fourth-order valence-electron chi connectivity index (χ4n) is 3.20. The minimum absolute atomic E-state index is 0. The maximum atomic E-state index is 5.62. The van der Waals surface area contributed by atoms with Gasteiger partial charge in [-0.25, -0.2) is 4.98 Å². The number of hydrogen-bond donors (Lipinski definition) is 2. The van der Waals surface area contributed by atoms with Crippen molar-refractivity contribution in [3.63, 3.8) is 0 Å². The van der Waals surface area contributed by atoms with Gasteiger partial charge in [0.2, 0.25) is 0 Å². The molecule has 3 rings (SSSR count). The molecule has 1 aliphatic rings. The van der Waals surface area contributed by atoms with Crippen LogP contribution in [0.25, 0.3) is 0 Å². The number of pyridine rings is 1. The number of ether oxygens (including phenoxy) is 2. The number of methoxy groups -OCH3 is 1. The van der Waals surface area contributed by atoms with Crippen LogP contribution >= 0.6 is 24.0 Å². The molecule has 0 aliphatic carbocycles. The van der Waals surface area contributed by atoms with Crippen molar-refractivity contribution < 1.29 is 9.47 Å². The molecule has 1 atom stereocenters. The third kappa shape index (κ3) is 6.74. The molecule has 1 fully saturated rings. The van der Waals surface area contributed by atoms with Crippen LogP contribution in [0, 0.1) is 0 Å². The summed E-state index contributed by atoms with van der Waals surface area (Å²) in [4.78, 5) is 11.1. The SMILES string of the molecule is CN=C(NCc1ccnc(N2CCOC(C)C2)c1)NCc1ccccc1OC.I. The molecule has 1 saturated heterocycles. The van der Waals surface area contributed by atoms with Crippen molar-refractivity contribution >= 4 is 35.8 Å². The van der Waals surface area contributed by atoms with Crippen molar-refractivity contribution in [3.05, 3.63) is 53.7 Å². The number of aliphatic imine (C=N–C) groups is 1. The van der Waals surface area contributed by atoms with E-state index in [0.717, 1.165) is 48.4 Å². The van der Waals surface area contributed by atoms with Crippen molar-refractivity contribution in [3.8, 4) is 5.75 Å². The third-order valence-corrected chi connectivity index (χ3v) is 4.70. The number of halogens is 1. The Morgan fingerprint density at radius 2 is 2.07 bits per heavy atom. The van der Waals surface area contributed by atoms with E-state index in [-0.39, 0.29) is 30.1 Å². The van der Waals surface area contributed by atoms with Gasteiger partial charge >= 0.3 is 0 Å². The van der Waals surface area contributed by atoms with Crippen LogP contribution in [-0.2, 0) is 17.8 Å². The number of anilines is 1. The lowest BCUT2D eigenvalue weighted by molar-refractivity contribution is 0.0529. The topological polar surface area (TPSA) is 71.0 Å². The first kappa shape index (κ1) is 23.2. The van der Waals surface area contributed by atoms with Gasteiger partial charge in [0.15, 0.2) is 5.96 Å². The summed E-state index contributed by atoms with van der Waals surface area (Å²) in [6.45, 7) is 5.88. The lowest BCUT2D eigenvalue weighted by Gasteiger charge is -2.32. The molecule has 0 saturated carbocycles. The van der Waals surface area contributed by atoms with Gasteiger partial charge < -0.3 is 25.0 Å². The summed E-state index contributed by atoms with van der Waals surface area (Å²) in [6.07, 6.45) is 2.09. The van der Waals surface area contributed by atoms with Gasteiger partial charge in [0, 0.05) is 45.0 Å². The molecule has 2 aromatic rings. The molecule has 0 amide bonds. The lowest BCUT2D eigenvalue weighted by Crippen LogP contribution is -2.41. The van der Waals surface area contributed by atoms with Crippen molar-refractivity contribution in [2.75, 3.05) is 38.8 Å². The minimum Gasteiger partial charge on any atom is -0.496 e. The number of morpholine rings is 1. The van der Waals surface area contributed by atoms with E-state index in [1.807, 2.05) is 36.5 Å². The molecule has 1 aromatic heterocycles. The van der Waals surface area contributed by atoms with E-state index < -0.39 is 0 Å². The summed E-state index contributed by atoms with van der Waals surface area (Å²) in [6, 6.07) is 12.1. The molecular formula is C21H30IN5O2. The second kappa shape index (κ2) is 11.8. The third-order valence-electron chi connectivity index (χ3n) is 4.70. The Morgan fingerprint density at radius 3 is 2.83 bits per heavy atom. The number of hydrogen-bond acceptors (Lipinski definition) is 5. The normalized spacial score (nSPS) is 16.7. The number of guanidine groups is 1. The summed E-state index contributed by atoms with van der Waals surface area (Å²) in [5, 5.41) is 6.69. The molecule has 0 bridgehead atoms. The van der Waals surface area contributed by atoms with E-state index in [1.54, 1.807) is 14.2 Å². The Kier molecular flexibility index (Phi) is 9.46. The van der Waals surface area contributed by atoms with Crippen LogP contribution in [0.5, 0.6) is 5.75 Å². The predicted molar refractivity (Wildman–Crippen MR) is 127 cm³/mol. The standard InChI is InChI=1S/C21H29N5O2.HI/c1-16-15-26(10-11-28-16)20-12-17(8-9-23-20)13-24-21(22-2)25-14-18-6-4-5-7-19(18)27-3;/h4-9,12,16H,10-11,13-15H2,1-3H3,(H2,22,24,25);1H.